The standard InChI is InChI=1S/C10H12ClNO2/c1-13-6-7-5-12-9-4-2-3-8(11)10(9)14-7/h2-4,7,12H,5-6H2,1H3. The van der Waals surface area contributed by atoms with Crippen molar-refractivity contribution < 1.29 is 9.47 Å². The molecule has 0 radical (unpaired) electrons. The zero-order valence-electron chi connectivity index (χ0n) is 7.92. The van der Waals surface area contributed by atoms with E-state index in [0.717, 1.165) is 18.0 Å². The van der Waals surface area contributed by atoms with E-state index in [9.17, 15) is 0 Å². The van der Waals surface area contributed by atoms with Crippen LogP contribution in [0.25, 0.3) is 0 Å². The van der Waals surface area contributed by atoms with Crippen molar-refractivity contribution >= 4 is 17.3 Å². The molecular formula is C10H12ClNO2. The molecule has 0 bridgehead atoms. The minimum atomic E-state index is 0.0346. The van der Waals surface area contributed by atoms with Gasteiger partial charge in [-0.2, -0.15) is 0 Å². The van der Waals surface area contributed by atoms with Crippen LogP contribution in [-0.4, -0.2) is 26.4 Å². The van der Waals surface area contributed by atoms with E-state index in [4.69, 9.17) is 21.1 Å². The molecule has 1 aromatic rings. The number of para-hydroxylation sites is 1. The van der Waals surface area contributed by atoms with Crippen LogP contribution in [0.15, 0.2) is 18.2 Å². The van der Waals surface area contributed by atoms with Gasteiger partial charge in [0.05, 0.1) is 23.9 Å². The number of anilines is 1. The SMILES string of the molecule is COCC1CNc2cccc(Cl)c2O1. The average Bonchev–Trinajstić information content (AvgIpc) is 2.20. The first-order chi connectivity index (χ1) is 6.81. The molecule has 0 aliphatic carbocycles. The average molecular weight is 214 g/mol. The predicted molar refractivity (Wildman–Crippen MR) is 56.2 cm³/mol. The normalized spacial score (nSPS) is 19.4. The van der Waals surface area contributed by atoms with Crippen LogP contribution in [0.5, 0.6) is 5.75 Å². The lowest BCUT2D eigenvalue weighted by Crippen LogP contribution is -2.34. The number of rotatable bonds is 2. The van der Waals surface area contributed by atoms with Gasteiger partial charge in [0.2, 0.25) is 0 Å². The van der Waals surface area contributed by atoms with Crippen molar-refractivity contribution in [3.63, 3.8) is 0 Å². The summed E-state index contributed by atoms with van der Waals surface area (Å²) in [5, 5.41) is 3.88. The molecule has 0 spiro atoms. The molecule has 1 aliphatic heterocycles. The van der Waals surface area contributed by atoms with E-state index in [1.165, 1.54) is 0 Å². The topological polar surface area (TPSA) is 30.5 Å². The molecule has 14 heavy (non-hydrogen) atoms. The van der Waals surface area contributed by atoms with Crippen molar-refractivity contribution in [2.24, 2.45) is 0 Å². The molecule has 4 heteroatoms. The number of ether oxygens (including phenoxy) is 2. The Morgan fingerprint density at radius 1 is 1.64 bits per heavy atom. The lowest BCUT2D eigenvalue weighted by atomic mass is 10.2. The van der Waals surface area contributed by atoms with Crippen LogP contribution in [-0.2, 0) is 4.74 Å². The zero-order valence-corrected chi connectivity index (χ0v) is 8.67. The van der Waals surface area contributed by atoms with Crippen molar-refractivity contribution in [3.8, 4) is 5.75 Å². The number of nitrogens with one attached hydrogen (secondary N) is 1. The molecule has 1 heterocycles. The molecule has 0 fully saturated rings. The summed E-state index contributed by atoms with van der Waals surface area (Å²) in [5.41, 5.74) is 0.949. The number of fused-ring (bicyclic) bond motifs is 1. The van der Waals surface area contributed by atoms with E-state index in [2.05, 4.69) is 5.32 Å². The van der Waals surface area contributed by atoms with E-state index in [1.54, 1.807) is 7.11 Å². The fraction of sp³-hybridized carbons (Fsp3) is 0.400. The van der Waals surface area contributed by atoms with Crippen molar-refractivity contribution in [3.05, 3.63) is 23.2 Å². The molecular weight excluding hydrogens is 202 g/mol. The second-order valence-electron chi connectivity index (χ2n) is 3.19. The van der Waals surface area contributed by atoms with Crippen LogP contribution in [0.3, 0.4) is 0 Å². The summed E-state index contributed by atoms with van der Waals surface area (Å²) >= 11 is 6.00. The maximum Gasteiger partial charge on any atom is 0.161 e. The van der Waals surface area contributed by atoms with Gasteiger partial charge in [-0.15, -0.1) is 0 Å². The molecule has 1 atom stereocenters. The molecule has 1 unspecified atom stereocenters. The van der Waals surface area contributed by atoms with Gasteiger partial charge in [0.1, 0.15) is 6.10 Å². The second kappa shape index (κ2) is 4.07. The summed E-state index contributed by atoms with van der Waals surface area (Å²) in [4.78, 5) is 0. The molecule has 0 saturated heterocycles. The molecule has 0 saturated carbocycles. The fourth-order valence-corrected chi connectivity index (χ4v) is 1.70. The number of methoxy groups -OCH3 is 1. The fourth-order valence-electron chi connectivity index (χ4n) is 1.48. The first kappa shape index (κ1) is 9.62. The lowest BCUT2D eigenvalue weighted by Gasteiger charge is -2.27. The van der Waals surface area contributed by atoms with Gasteiger partial charge >= 0.3 is 0 Å². The highest BCUT2D eigenvalue weighted by atomic mass is 35.5. The Balaban J connectivity index is 2.20. The van der Waals surface area contributed by atoms with Gasteiger partial charge in [0, 0.05) is 7.11 Å². The Labute approximate surface area is 88.0 Å². The molecule has 76 valence electrons. The van der Waals surface area contributed by atoms with Crippen LogP contribution >= 0.6 is 11.6 Å². The third kappa shape index (κ3) is 1.79. The molecule has 3 nitrogen and oxygen atoms in total. The van der Waals surface area contributed by atoms with E-state index in [1.807, 2.05) is 18.2 Å². The molecule has 1 aromatic carbocycles. The minimum absolute atomic E-state index is 0.0346. The smallest absolute Gasteiger partial charge is 0.161 e. The third-order valence-electron chi connectivity index (χ3n) is 2.12. The first-order valence-corrected chi connectivity index (χ1v) is 4.87. The highest BCUT2D eigenvalue weighted by Crippen LogP contribution is 2.35. The Morgan fingerprint density at radius 3 is 3.29 bits per heavy atom. The van der Waals surface area contributed by atoms with Crippen molar-refractivity contribution in [1.82, 2.24) is 0 Å². The monoisotopic (exact) mass is 213 g/mol. The van der Waals surface area contributed by atoms with Gasteiger partial charge in [-0.05, 0) is 12.1 Å². The highest BCUT2D eigenvalue weighted by Gasteiger charge is 2.20. The third-order valence-corrected chi connectivity index (χ3v) is 2.42. The summed E-state index contributed by atoms with van der Waals surface area (Å²) in [6.45, 7) is 1.32. The van der Waals surface area contributed by atoms with Gasteiger partial charge in [-0.3, -0.25) is 0 Å². The maximum absolute atomic E-state index is 6.00. The summed E-state index contributed by atoms with van der Waals surface area (Å²) < 4.78 is 10.7. The Bertz CT molecular complexity index is 330. The number of hydrogen-bond acceptors (Lipinski definition) is 3. The summed E-state index contributed by atoms with van der Waals surface area (Å²) in [5.74, 6) is 0.725. The van der Waals surface area contributed by atoms with Gasteiger partial charge in [-0.1, -0.05) is 17.7 Å². The largest absolute Gasteiger partial charge is 0.482 e. The Kier molecular flexibility index (Phi) is 2.79. The van der Waals surface area contributed by atoms with Crippen molar-refractivity contribution in [2.45, 2.75) is 6.10 Å². The van der Waals surface area contributed by atoms with Crippen LogP contribution in [0.2, 0.25) is 5.02 Å². The van der Waals surface area contributed by atoms with Crippen LogP contribution < -0.4 is 10.1 Å². The van der Waals surface area contributed by atoms with E-state index >= 15 is 0 Å². The first-order valence-electron chi connectivity index (χ1n) is 4.49. The van der Waals surface area contributed by atoms with Gasteiger partial charge in [0.25, 0.3) is 0 Å². The van der Waals surface area contributed by atoms with Crippen molar-refractivity contribution in [1.29, 1.82) is 0 Å². The van der Waals surface area contributed by atoms with E-state index in [0.29, 0.717) is 11.6 Å². The summed E-state index contributed by atoms with van der Waals surface area (Å²) in [7, 11) is 1.66. The molecule has 1 aliphatic rings. The minimum Gasteiger partial charge on any atom is -0.482 e. The van der Waals surface area contributed by atoms with Gasteiger partial charge < -0.3 is 14.8 Å². The Morgan fingerprint density at radius 2 is 2.50 bits per heavy atom. The summed E-state index contributed by atoms with van der Waals surface area (Å²) in [6, 6.07) is 5.66. The number of benzene rings is 1. The van der Waals surface area contributed by atoms with Gasteiger partial charge in [0.15, 0.2) is 5.75 Å². The van der Waals surface area contributed by atoms with Crippen molar-refractivity contribution in [2.75, 3.05) is 25.6 Å². The highest BCUT2D eigenvalue weighted by molar-refractivity contribution is 6.32. The zero-order chi connectivity index (χ0) is 9.97. The van der Waals surface area contributed by atoms with Crippen LogP contribution in [0.1, 0.15) is 0 Å². The molecule has 0 aromatic heterocycles. The number of halogens is 1. The predicted octanol–water partition coefficient (Wildman–Crippen LogP) is 2.16. The van der Waals surface area contributed by atoms with Crippen LogP contribution in [0, 0.1) is 0 Å². The maximum atomic E-state index is 6.00. The molecule has 0 amide bonds. The van der Waals surface area contributed by atoms with Crippen LogP contribution in [0.4, 0.5) is 5.69 Å². The van der Waals surface area contributed by atoms with E-state index < -0.39 is 0 Å². The van der Waals surface area contributed by atoms with E-state index in [-0.39, 0.29) is 6.10 Å². The molecule has 2 rings (SSSR count). The number of hydrogen-bond donors (Lipinski definition) is 1. The Hall–Kier alpha value is -0.930. The second-order valence-corrected chi connectivity index (χ2v) is 3.60. The van der Waals surface area contributed by atoms with Gasteiger partial charge in [-0.25, -0.2) is 0 Å². The lowest BCUT2D eigenvalue weighted by molar-refractivity contribution is 0.0848. The molecule has 1 N–H and O–H groups in total. The quantitative estimate of drug-likeness (QED) is 0.817. The summed E-state index contributed by atoms with van der Waals surface area (Å²) in [6.07, 6.45) is 0.0346.